The molecule has 0 aliphatic heterocycles. The highest BCUT2D eigenvalue weighted by atomic mass is 19.4. The third kappa shape index (κ3) is 5.12. The molecule has 0 bridgehead atoms. The molecule has 8 heteroatoms. The van der Waals surface area contributed by atoms with Crippen LogP contribution in [0.1, 0.15) is 27.7 Å². The second kappa shape index (κ2) is 5.43. The van der Waals surface area contributed by atoms with E-state index in [0.29, 0.717) is 0 Å². The number of hydrogen-bond acceptors (Lipinski definition) is 1. The van der Waals surface area contributed by atoms with Gasteiger partial charge < -0.3 is 0 Å². The van der Waals surface area contributed by atoms with Crippen molar-refractivity contribution in [2.45, 2.75) is 58.2 Å². The fourth-order valence-electron chi connectivity index (χ4n) is 1.39. The van der Waals surface area contributed by atoms with Gasteiger partial charge >= 0.3 is 18.5 Å². The molecule has 0 saturated carbocycles. The molecule has 0 rings (SSSR count). The summed E-state index contributed by atoms with van der Waals surface area (Å²) in [4.78, 5) is 4.17. The Hall–Kier alpha value is -0.500. The number of quaternary nitrogens is 1. The van der Waals surface area contributed by atoms with E-state index in [0.717, 1.165) is 0 Å². The quantitative estimate of drug-likeness (QED) is 0.609. The van der Waals surface area contributed by atoms with Gasteiger partial charge in [0.25, 0.3) is 0 Å². The molecular weight excluding hydrogens is 252 g/mol. The van der Waals surface area contributed by atoms with Crippen molar-refractivity contribution in [2.24, 2.45) is 0 Å². The Morgan fingerprint density at radius 2 is 1.06 bits per heavy atom. The van der Waals surface area contributed by atoms with E-state index in [1.165, 1.54) is 27.7 Å². The summed E-state index contributed by atoms with van der Waals surface area (Å²) in [5.74, 6) is 0. The molecule has 0 spiro atoms. The van der Waals surface area contributed by atoms with Gasteiger partial charge in [0.1, 0.15) is 12.1 Å². The molecule has 0 amide bonds. The van der Waals surface area contributed by atoms with Crippen LogP contribution in [0.15, 0.2) is 0 Å². The van der Waals surface area contributed by atoms with Crippen molar-refractivity contribution in [3.05, 3.63) is 0 Å². The molecule has 104 valence electrons. The van der Waals surface area contributed by atoms with Gasteiger partial charge in [0.05, 0.1) is 0 Å². The van der Waals surface area contributed by atoms with E-state index in [1.54, 1.807) is 0 Å². The van der Waals surface area contributed by atoms with Gasteiger partial charge in [-0.25, -0.2) is 0 Å². The maximum atomic E-state index is 12.2. The third-order valence-electron chi connectivity index (χ3n) is 1.99. The smallest absolute Gasteiger partial charge is 0.185 e. The van der Waals surface area contributed by atoms with Crippen molar-refractivity contribution in [3.63, 3.8) is 0 Å². The Morgan fingerprint density at radius 1 is 0.765 bits per heavy atom. The number of alkyl halides is 6. The average Bonchev–Trinajstić information content (AvgIpc) is 1.96. The fraction of sp³-hybridized carbons (Fsp3) is 1.00. The maximum absolute atomic E-state index is 12.2. The molecule has 0 aliphatic carbocycles. The van der Waals surface area contributed by atoms with Crippen molar-refractivity contribution < 1.29 is 36.2 Å². The number of hydroxylamine groups is 2. The number of hydrogen-bond donors (Lipinski definition) is 1. The topological polar surface area (TPSA) is 13.7 Å². The number of halogens is 6. The minimum absolute atomic E-state index is 0.204. The van der Waals surface area contributed by atoms with Crippen LogP contribution in [0.25, 0.3) is 0 Å². The Kier molecular flexibility index (Phi) is 5.27. The largest absolute Gasteiger partial charge is 0.429 e. The first-order valence-electron chi connectivity index (χ1n) is 5.04. The Morgan fingerprint density at radius 3 is 1.24 bits per heavy atom. The summed E-state index contributed by atoms with van der Waals surface area (Å²) < 4.78 is 73.5. The minimum atomic E-state index is -5.46. The molecule has 0 heterocycles. The molecule has 0 aliphatic rings. The summed E-state index contributed by atoms with van der Waals surface area (Å²) in [7, 11) is 0. The zero-order valence-electron chi connectivity index (χ0n) is 9.91. The lowest BCUT2D eigenvalue weighted by Gasteiger charge is -2.30. The van der Waals surface area contributed by atoms with Gasteiger partial charge in [0, 0.05) is 0 Å². The first-order chi connectivity index (χ1) is 7.37. The van der Waals surface area contributed by atoms with E-state index >= 15 is 0 Å². The van der Waals surface area contributed by atoms with Crippen LogP contribution in [0.4, 0.5) is 26.3 Å². The lowest BCUT2D eigenvalue weighted by atomic mass is 10.3. The van der Waals surface area contributed by atoms with Crippen LogP contribution in [0.5, 0.6) is 0 Å². The van der Waals surface area contributed by atoms with Gasteiger partial charge in [-0.3, -0.25) is 0 Å². The standard InChI is InChI=1S/C9H15F6NO/c1-5(2)16(6(3)4)17-7(8(10,11)12)9(13,14)15/h5-7H,1-4H3/p+1. The van der Waals surface area contributed by atoms with Gasteiger partial charge in [0.2, 0.25) is 0 Å². The molecule has 2 nitrogen and oxygen atoms in total. The van der Waals surface area contributed by atoms with Crippen LogP contribution >= 0.6 is 0 Å². The predicted octanol–water partition coefficient (Wildman–Crippen LogP) is 2.11. The number of rotatable bonds is 4. The van der Waals surface area contributed by atoms with Crippen molar-refractivity contribution in [2.75, 3.05) is 0 Å². The maximum Gasteiger partial charge on any atom is 0.429 e. The summed E-state index contributed by atoms with van der Waals surface area (Å²) in [6.45, 7) is 5.94. The van der Waals surface area contributed by atoms with Gasteiger partial charge in [-0.15, -0.1) is 0 Å². The van der Waals surface area contributed by atoms with Gasteiger partial charge in [-0.2, -0.15) is 36.2 Å². The Balaban J connectivity index is 4.99. The Bertz CT molecular complexity index is 213. The highest BCUT2D eigenvalue weighted by Crippen LogP contribution is 2.34. The summed E-state index contributed by atoms with van der Waals surface area (Å²) in [6.07, 6.45) is -14.7. The van der Waals surface area contributed by atoms with Gasteiger partial charge in [-0.05, 0) is 27.7 Å². The molecule has 17 heavy (non-hydrogen) atoms. The van der Waals surface area contributed by atoms with Gasteiger partial charge in [-0.1, -0.05) is 0 Å². The molecule has 0 aromatic carbocycles. The zero-order chi connectivity index (χ0) is 14.0. The normalized spacial score (nSPS) is 14.5. The molecule has 0 unspecified atom stereocenters. The van der Waals surface area contributed by atoms with Gasteiger partial charge in [0.15, 0.2) is 0 Å². The molecule has 1 N–H and O–H groups in total. The fourth-order valence-corrected chi connectivity index (χ4v) is 1.39. The summed E-state index contributed by atoms with van der Waals surface area (Å²) in [5, 5.41) is -0.204. The highest BCUT2D eigenvalue weighted by Gasteiger charge is 2.61. The van der Waals surface area contributed by atoms with E-state index in [4.69, 9.17) is 0 Å². The minimum Gasteiger partial charge on any atom is -0.185 e. The van der Waals surface area contributed by atoms with Crippen LogP contribution in [0.2, 0.25) is 0 Å². The molecular formula is C9H16F6NO+. The first-order valence-corrected chi connectivity index (χ1v) is 5.04. The monoisotopic (exact) mass is 268 g/mol. The van der Waals surface area contributed by atoms with E-state index in [9.17, 15) is 26.3 Å². The molecule has 0 saturated heterocycles. The lowest BCUT2D eigenvalue weighted by molar-refractivity contribution is -1.13. The highest BCUT2D eigenvalue weighted by molar-refractivity contribution is 4.74. The summed E-state index contributed by atoms with van der Waals surface area (Å²) in [6, 6.07) is -1.02. The van der Waals surface area contributed by atoms with Crippen molar-refractivity contribution in [1.29, 1.82) is 0 Å². The van der Waals surface area contributed by atoms with Crippen LogP contribution in [0, 0.1) is 0 Å². The molecule has 0 radical (unpaired) electrons. The van der Waals surface area contributed by atoms with Crippen LogP contribution < -0.4 is 5.06 Å². The number of nitrogens with one attached hydrogen (secondary N) is 1. The third-order valence-corrected chi connectivity index (χ3v) is 1.99. The first kappa shape index (κ1) is 16.5. The van der Waals surface area contributed by atoms with Crippen molar-refractivity contribution >= 4 is 0 Å². The molecule has 0 aromatic heterocycles. The van der Waals surface area contributed by atoms with Crippen LogP contribution in [-0.4, -0.2) is 30.5 Å². The average molecular weight is 268 g/mol. The molecule has 0 fully saturated rings. The van der Waals surface area contributed by atoms with Crippen molar-refractivity contribution in [1.82, 2.24) is 0 Å². The van der Waals surface area contributed by atoms with E-state index in [-0.39, 0.29) is 5.06 Å². The second-order valence-electron chi connectivity index (χ2n) is 4.29. The lowest BCUT2D eigenvalue weighted by Crippen LogP contribution is -3.18. The summed E-state index contributed by atoms with van der Waals surface area (Å²) >= 11 is 0. The molecule has 0 atom stereocenters. The van der Waals surface area contributed by atoms with Crippen LogP contribution in [-0.2, 0) is 4.84 Å². The van der Waals surface area contributed by atoms with Crippen molar-refractivity contribution in [3.8, 4) is 0 Å². The molecule has 0 aromatic rings. The van der Waals surface area contributed by atoms with E-state index in [1.807, 2.05) is 0 Å². The summed E-state index contributed by atoms with van der Waals surface area (Å²) in [5.41, 5.74) is 0. The van der Waals surface area contributed by atoms with E-state index in [2.05, 4.69) is 4.84 Å². The van der Waals surface area contributed by atoms with Crippen LogP contribution in [0.3, 0.4) is 0 Å². The Labute approximate surface area is 95.5 Å². The second-order valence-corrected chi connectivity index (χ2v) is 4.29. The zero-order valence-corrected chi connectivity index (χ0v) is 9.91. The SMILES string of the molecule is CC(C)[NH+](OC(C(F)(F)F)C(F)(F)F)C(C)C. The predicted molar refractivity (Wildman–Crippen MR) is 48.2 cm³/mol. The van der Waals surface area contributed by atoms with E-state index < -0.39 is 30.5 Å².